The van der Waals surface area contributed by atoms with Crippen molar-refractivity contribution in [2.45, 2.75) is 32.1 Å². The van der Waals surface area contributed by atoms with E-state index >= 15 is 0 Å². The van der Waals surface area contributed by atoms with Gasteiger partial charge in [-0.2, -0.15) is 0 Å². The molecule has 1 amide bonds. The first-order valence-electron chi connectivity index (χ1n) is 7.33. The molecule has 2 N–H and O–H groups in total. The van der Waals surface area contributed by atoms with Gasteiger partial charge in [0.1, 0.15) is 0 Å². The molecular formula is C17H24N2O. The number of hydrogen-bond acceptors (Lipinski definition) is 2. The second-order valence-electron chi connectivity index (χ2n) is 5.81. The summed E-state index contributed by atoms with van der Waals surface area (Å²) >= 11 is 0. The Kier molecular flexibility index (Phi) is 4.96. The molecule has 0 aromatic heterocycles. The van der Waals surface area contributed by atoms with E-state index in [-0.39, 0.29) is 5.91 Å². The second kappa shape index (κ2) is 6.71. The van der Waals surface area contributed by atoms with Crippen LogP contribution in [0.4, 0.5) is 0 Å². The lowest BCUT2D eigenvalue weighted by Gasteiger charge is -2.24. The van der Waals surface area contributed by atoms with Crippen molar-refractivity contribution in [2.75, 3.05) is 19.6 Å². The highest BCUT2D eigenvalue weighted by Gasteiger charge is 2.29. The van der Waals surface area contributed by atoms with E-state index in [0.717, 1.165) is 38.0 Å². The summed E-state index contributed by atoms with van der Waals surface area (Å²) in [6.07, 6.45) is 4.29. The number of nitrogens with one attached hydrogen (secondary N) is 2. The molecule has 0 saturated carbocycles. The Bertz CT molecular complexity index is 477. The van der Waals surface area contributed by atoms with Crippen molar-refractivity contribution in [3.05, 3.63) is 47.5 Å². The maximum Gasteiger partial charge on any atom is 0.230 e. The predicted octanol–water partition coefficient (Wildman–Crippen LogP) is 2.39. The van der Waals surface area contributed by atoms with Gasteiger partial charge in [0.05, 0.1) is 5.41 Å². The Morgan fingerprint density at radius 1 is 1.30 bits per heavy atom. The predicted molar refractivity (Wildman–Crippen MR) is 82.7 cm³/mol. The highest BCUT2D eigenvalue weighted by atomic mass is 16.2. The van der Waals surface area contributed by atoms with Gasteiger partial charge in [0.25, 0.3) is 0 Å². The monoisotopic (exact) mass is 272 g/mol. The first-order valence-corrected chi connectivity index (χ1v) is 7.33. The van der Waals surface area contributed by atoms with Crippen LogP contribution in [0.5, 0.6) is 0 Å². The highest BCUT2D eigenvalue weighted by molar-refractivity contribution is 5.87. The van der Waals surface area contributed by atoms with Crippen LogP contribution in [0.1, 0.15) is 32.3 Å². The molecule has 1 aliphatic rings. The van der Waals surface area contributed by atoms with Crippen molar-refractivity contribution < 1.29 is 4.79 Å². The molecule has 2 rings (SSSR count). The largest absolute Gasteiger partial charge is 0.355 e. The van der Waals surface area contributed by atoms with Gasteiger partial charge in [-0.1, -0.05) is 42.0 Å². The molecule has 0 radical (unpaired) electrons. The zero-order valence-electron chi connectivity index (χ0n) is 12.4. The third kappa shape index (κ3) is 3.70. The van der Waals surface area contributed by atoms with Crippen LogP contribution in [0.15, 0.2) is 42.0 Å². The van der Waals surface area contributed by atoms with Crippen LogP contribution in [0.3, 0.4) is 0 Å². The van der Waals surface area contributed by atoms with Gasteiger partial charge in [-0.15, -0.1) is 0 Å². The first-order chi connectivity index (χ1) is 9.60. The number of rotatable bonds is 5. The van der Waals surface area contributed by atoms with Crippen LogP contribution in [-0.2, 0) is 10.2 Å². The number of hydrogen-bond donors (Lipinski definition) is 2. The van der Waals surface area contributed by atoms with Crippen molar-refractivity contribution in [1.29, 1.82) is 0 Å². The fourth-order valence-corrected chi connectivity index (χ4v) is 2.44. The highest BCUT2D eigenvalue weighted by Crippen LogP contribution is 2.23. The van der Waals surface area contributed by atoms with E-state index in [1.54, 1.807) is 0 Å². The minimum Gasteiger partial charge on any atom is -0.355 e. The molecule has 0 bridgehead atoms. The summed E-state index contributed by atoms with van der Waals surface area (Å²) in [4.78, 5) is 12.4. The maximum absolute atomic E-state index is 12.4. The van der Waals surface area contributed by atoms with E-state index < -0.39 is 5.41 Å². The molecule has 0 saturated heterocycles. The van der Waals surface area contributed by atoms with Gasteiger partial charge < -0.3 is 10.6 Å². The van der Waals surface area contributed by atoms with Crippen molar-refractivity contribution in [1.82, 2.24) is 10.6 Å². The van der Waals surface area contributed by atoms with Crippen molar-refractivity contribution >= 4 is 5.91 Å². The van der Waals surface area contributed by atoms with Crippen molar-refractivity contribution in [3.8, 4) is 0 Å². The van der Waals surface area contributed by atoms with E-state index in [0.29, 0.717) is 0 Å². The molecule has 0 aliphatic carbocycles. The van der Waals surface area contributed by atoms with E-state index in [4.69, 9.17) is 0 Å². The fourth-order valence-electron chi connectivity index (χ4n) is 2.44. The molecule has 1 aromatic carbocycles. The third-order valence-electron chi connectivity index (χ3n) is 3.95. The molecule has 0 unspecified atom stereocenters. The lowest BCUT2D eigenvalue weighted by atomic mass is 9.84. The van der Waals surface area contributed by atoms with Crippen LogP contribution in [0, 0.1) is 0 Å². The van der Waals surface area contributed by atoms with Gasteiger partial charge in [-0.25, -0.2) is 0 Å². The normalized spacial score (nSPS) is 15.6. The lowest BCUT2D eigenvalue weighted by molar-refractivity contribution is -0.125. The topological polar surface area (TPSA) is 41.1 Å². The quantitative estimate of drug-likeness (QED) is 0.808. The van der Waals surface area contributed by atoms with Crippen LogP contribution < -0.4 is 10.6 Å². The Morgan fingerprint density at radius 2 is 2.05 bits per heavy atom. The molecule has 3 heteroatoms. The summed E-state index contributed by atoms with van der Waals surface area (Å²) in [6.45, 7) is 6.68. The average molecular weight is 272 g/mol. The summed E-state index contributed by atoms with van der Waals surface area (Å²) < 4.78 is 0. The number of benzene rings is 1. The summed E-state index contributed by atoms with van der Waals surface area (Å²) in [6, 6.07) is 9.94. The first kappa shape index (κ1) is 14.8. The second-order valence-corrected chi connectivity index (χ2v) is 5.81. The minimum absolute atomic E-state index is 0.0956. The summed E-state index contributed by atoms with van der Waals surface area (Å²) in [5.74, 6) is 0.0956. The summed E-state index contributed by atoms with van der Waals surface area (Å²) in [5.41, 5.74) is 2.02. The maximum atomic E-state index is 12.4. The smallest absolute Gasteiger partial charge is 0.230 e. The number of carbonyl (C=O) groups is 1. The molecule has 0 atom stereocenters. The van der Waals surface area contributed by atoms with Crippen LogP contribution in [-0.4, -0.2) is 25.5 Å². The standard InChI is InChI=1S/C17H24N2O/c1-17(2,15-6-4-3-5-7-15)16(20)19-13-10-14-8-11-18-12-9-14/h3-8,18H,9-13H2,1-2H3,(H,19,20). The molecule has 3 nitrogen and oxygen atoms in total. The lowest BCUT2D eigenvalue weighted by Crippen LogP contribution is -2.40. The molecule has 20 heavy (non-hydrogen) atoms. The Balaban J connectivity index is 1.86. The number of carbonyl (C=O) groups excluding carboxylic acids is 1. The van der Waals surface area contributed by atoms with Gasteiger partial charge in [-0.05, 0) is 38.8 Å². The molecule has 0 fully saturated rings. The average Bonchev–Trinajstić information content (AvgIpc) is 2.49. The van der Waals surface area contributed by atoms with Crippen LogP contribution >= 0.6 is 0 Å². The van der Waals surface area contributed by atoms with Gasteiger partial charge in [0.15, 0.2) is 0 Å². The molecule has 0 spiro atoms. The van der Waals surface area contributed by atoms with Crippen molar-refractivity contribution in [3.63, 3.8) is 0 Å². The Labute approximate surface area is 121 Å². The summed E-state index contributed by atoms with van der Waals surface area (Å²) in [5, 5.41) is 6.36. The third-order valence-corrected chi connectivity index (χ3v) is 3.95. The molecular weight excluding hydrogens is 248 g/mol. The van der Waals surface area contributed by atoms with Gasteiger partial charge >= 0.3 is 0 Å². The van der Waals surface area contributed by atoms with E-state index in [9.17, 15) is 4.79 Å². The van der Waals surface area contributed by atoms with E-state index in [1.807, 2.05) is 44.2 Å². The van der Waals surface area contributed by atoms with Gasteiger partial charge in [-0.3, -0.25) is 4.79 Å². The SMILES string of the molecule is CC(C)(C(=O)NCCC1=CCNCC1)c1ccccc1. The van der Waals surface area contributed by atoms with Crippen LogP contribution in [0.2, 0.25) is 0 Å². The van der Waals surface area contributed by atoms with E-state index in [2.05, 4.69) is 16.7 Å². The Morgan fingerprint density at radius 3 is 2.70 bits per heavy atom. The van der Waals surface area contributed by atoms with Crippen LogP contribution in [0.25, 0.3) is 0 Å². The molecule has 108 valence electrons. The molecule has 1 heterocycles. The van der Waals surface area contributed by atoms with Gasteiger partial charge in [0, 0.05) is 13.1 Å². The minimum atomic E-state index is -0.482. The van der Waals surface area contributed by atoms with E-state index in [1.165, 1.54) is 5.57 Å². The van der Waals surface area contributed by atoms with Crippen molar-refractivity contribution in [2.24, 2.45) is 0 Å². The zero-order valence-corrected chi connectivity index (χ0v) is 12.4. The molecule has 1 aliphatic heterocycles. The Hall–Kier alpha value is -1.61. The fraction of sp³-hybridized carbons (Fsp3) is 0.471. The van der Waals surface area contributed by atoms with Gasteiger partial charge in [0.2, 0.25) is 5.91 Å². The number of amides is 1. The zero-order chi connectivity index (χ0) is 14.4. The summed E-state index contributed by atoms with van der Waals surface area (Å²) in [7, 11) is 0. The molecule has 1 aromatic rings.